The summed E-state index contributed by atoms with van der Waals surface area (Å²) in [5, 5.41) is 4.99. The number of rotatable bonds is 5. The molecule has 0 aliphatic carbocycles. The highest BCUT2D eigenvalue weighted by molar-refractivity contribution is 6.33. The smallest absolute Gasteiger partial charge is 0.416 e. The minimum absolute atomic E-state index is 0.0209. The van der Waals surface area contributed by atoms with Crippen molar-refractivity contribution in [3.05, 3.63) is 64.4 Å². The van der Waals surface area contributed by atoms with E-state index in [1.807, 2.05) is 13.1 Å². The van der Waals surface area contributed by atoms with Crippen LogP contribution in [0.15, 0.2) is 42.7 Å². The molecule has 1 unspecified atom stereocenters. The number of hydrogen-bond donors (Lipinski definition) is 0. The van der Waals surface area contributed by atoms with Gasteiger partial charge in [0.15, 0.2) is 5.82 Å². The highest BCUT2D eigenvalue weighted by atomic mass is 35.5. The number of nitrogens with zero attached hydrogens (tertiary/aromatic N) is 6. The minimum Gasteiger partial charge on any atom is -0.479 e. The number of pyridine rings is 1. The lowest BCUT2D eigenvalue weighted by atomic mass is 9.97. The quantitative estimate of drug-likeness (QED) is 0.411. The fraction of sp³-hybridized carbons (Fsp3) is 0.423. The second kappa shape index (κ2) is 10.0. The van der Waals surface area contributed by atoms with Crippen LogP contribution in [0.3, 0.4) is 0 Å². The van der Waals surface area contributed by atoms with Crippen LogP contribution in [-0.4, -0.2) is 51.9 Å². The van der Waals surface area contributed by atoms with Gasteiger partial charge in [-0.3, -0.25) is 9.58 Å². The van der Waals surface area contributed by atoms with Gasteiger partial charge >= 0.3 is 12.2 Å². The number of piperidine rings is 1. The van der Waals surface area contributed by atoms with Crippen molar-refractivity contribution in [3.8, 4) is 5.88 Å². The predicted molar refractivity (Wildman–Crippen MR) is 138 cm³/mol. The third-order valence-corrected chi connectivity index (χ3v) is 7.58. The second-order valence-corrected chi connectivity index (χ2v) is 9.96. The molecule has 12 heteroatoms. The molecule has 1 fully saturated rings. The maximum absolute atomic E-state index is 13.9. The van der Waals surface area contributed by atoms with Crippen molar-refractivity contribution in [1.82, 2.24) is 19.7 Å². The van der Waals surface area contributed by atoms with Gasteiger partial charge in [-0.1, -0.05) is 29.8 Å². The topological polar surface area (TPSA) is 66.7 Å². The van der Waals surface area contributed by atoms with Crippen molar-refractivity contribution in [2.75, 3.05) is 30.0 Å². The van der Waals surface area contributed by atoms with E-state index >= 15 is 0 Å². The van der Waals surface area contributed by atoms with Gasteiger partial charge in [0.05, 0.1) is 30.3 Å². The number of methoxy groups -OCH3 is 1. The molecule has 0 spiro atoms. The molecule has 1 aromatic carbocycles. The molecule has 2 aromatic heterocycles. The van der Waals surface area contributed by atoms with Crippen LogP contribution in [0, 0.1) is 0 Å². The van der Waals surface area contributed by atoms with Gasteiger partial charge in [0.2, 0.25) is 5.88 Å². The Labute approximate surface area is 223 Å². The summed E-state index contributed by atoms with van der Waals surface area (Å²) in [6, 6.07) is 6.30. The monoisotopic (exact) mass is 548 g/mol. The van der Waals surface area contributed by atoms with Gasteiger partial charge in [-0.15, -0.1) is 0 Å². The molecule has 0 saturated carbocycles. The van der Waals surface area contributed by atoms with Crippen LogP contribution in [-0.2, 0) is 19.8 Å². The molecule has 38 heavy (non-hydrogen) atoms. The summed E-state index contributed by atoms with van der Waals surface area (Å²) in [5.74, 6) is 0.829. The van der Waals surface area contributed by atoms with Crippen LogP contribution >= 0.6 is 11.6 Å². The van der Waals surface area contributed by atoms with Crippen molar-refractivity contribution in [3.63, 3.8) is 0 Å². The number of halogens is 4. The van der Waals surface area contributed by atoms with E-state index in [4.69, 9.17) is 16.3 Å². The van der Waals surface area contributed by atoms with Gasteiger partial charge in [-0.05, 0) is 37.5 Å². The molecule has 1 atom stereocenters. The zero-order valence-corrected chi connectivity index (χ0v) is 22.0. The molecule has 3 aromatic rings. The number of anilines is 2. The molecule has 8 nitrogen and oxygen atoms in total. The number of urea groups is 1. The number of aryl methyl sites for hydroxylation is 1. The Bertz CT molecular complexity index is 1340. The van der Waals surface area contributed by atoms with Crippen molar-refractivity contribution >= 4 is 29.1 Å². The summed E-state index contributed by atoms with van der Waals surface area (Å²) >= 11 is 6.45. The minimum atomic E-state index is -4.53. The maximum atomic E-state index is 13.9. The van der Waals surface area contributed by atoms with Gasteiger partial charge in [-0.2, -0.15) is 18.3 Å². The van der Waals surface area contributed by atoms with E-state index in [0.29, 0.717) is 48.3 Å². The van der Waals surface area contributed by atoms with Crippen molar-refractivity contribution in [1.29, 1.82) is 0 Å². The molecule has 0 bridgehead atoms. The van der Waals surface area contributed by atoms with Crippen LogP contribution in [0.25, 0.3) is 0 Å². The molecular weight excluding hydrogens is 521 g/mol. The zero-order chi connectivity index (χ0) is 27.2. The van der Waals surface area contributed by atoms with E-state index in [0.717, 1.165) is 11.6 Å². The highest BCUT2D eigenvalue weighted by Crippen LogP contribution is 2.42. The zero-order valence-electron chi connectivity index (χ0n) is 21.2. The Morgan fingerprint density at radius 1 is 1.16 bits per heavy atom. The summed E-state index contributed by atoms with van der Waals surface area (Å²) < 4.78 is 48.2. The van der Waals surface area contributed by atoms with Crippen molar-refractivity contribution in [2.45, 2.75) is 44.6 Å². The Hall–Kier alpha value is -3.47. The first-order valence-electron chi connectivity index (χ1n) is 12.3. The molecule has 0 radical (unpaired) electrons. The number of alkyl halides is 3. The van der Waals surface area contributed by atoms with Crippen molar-refractivity contribution < 1.29 is 22.7 Å². The first kappa shape index (κ1) is 26.1. The number of hydrogen-bond acceptors (Lipinski definition) is 5. The van der Waals surface area contributed by atoms with Crippen LogP contribution in [0.4, 0.5) is 29.5 Å². The van der Waals surface area contributed by atoms with Crippen LogP contribution in [0.1, 0.15) is 42.5 Å². The van der Waals surface area contributed by atoms with E-state index < -0.39 is 11.7 Å². The molecule has 2 aliphatic rings. The Kier molecular flexibility index (Phi) is 6.89. The van der Waals surface area contributed by atoms with E-state index in [1.165, 1.54) is 17.0 Å². The van der Waals surface area contributed by atoms with Gasteiger partial charge in [-0.25, -0.2) is 9.78 Å². The van der Waals surface area contributed by atoms with Crippen LogP contribution < -0.4 is 14.5 Å². The van der Waals surface area contributed by atoms with Crippen molar-refractivity contribution in [2.24, 2.45) is 7.05 Å². The highest BCUT2D eigenvalue weighted by Gasteiger charge is 2.43. The fourth-order valence-electron chi connectivity index (χ4n) is 5.48. The van der Waals surface area contributed by atoms with E-state index in [2.05, 4.69) is 15.0 Å². The lowest BCUT2D eigenvalue weighted by molar-refractivity contribution is -0.138. The second-order valence-electron chi connectivity index (χ2n) is 9.56. The van der Waals surface area contributed by atoms with E-state index in [9.17, 15) is 18.0 Å². The molecular formula is C26H28ClF3N6O2. The number of carbonyl (C=O) groups excluding carboxylic acids is 1. The fourth-order valence-corrected chi connectivity index (χ4v) is 5.74. The summed E-state index contributed by atoms with van der Waals surface area (Å²) in [7, 11) is 3.28. The van der Waals surface area contributed by atoms with Gasteiger partial charge in [0.1, 0.15) is 5.69 Å². The first-order chi connectivity index (χ1) is 18.1. The first-order valence-corrected chi connectivity index (χ1v) is 12.7. The third-order valence-electron chi connectivity index (χ3n) is 7.27. The number of carbonyl (C=O) groups is 1. The number of ether oxygens (including phenoxy) is 1. The standard InChI is InChI=1S/C26H28ClF3N6O2/c1-16-19-15-33(2)32-23(19)35(14-17-6-4-5-7-20(17)26(28,29)30)25(37)36(16)18-9-12-34(13-10-18)22-21(27)8-11-31-24(22)38-3/h4-8,11,15-16,18H,9-10,12-14H2,1-3H3. The molecule has 202 valence electrons. The largest absolute Gasteiger partial charge is 0.479 e. The average Bonchev–Trinajstić information content (AvgIpc) is 3.28. The van der Waals surface area contributed by atoms with Crippen LogP contribution in [0.5, 0.6) is 5.88 Å². The third kappa shape index (κ3) is 4.63. The average molecular weight is 549 g/mol. The van der Waals surface area contributed by atoms with Gasteiger partial charge < -0.3 is 14.5 Å². The number of benzene rings is 1. The maximum Gasteiger partial charge on any atom is 0.416 e. The molecule has 2 aliphatic heterocycles. The number of amides is 2. The molecule has 5 rings (SSSR count). The van der Waals surface area contributed by atoms with Gasteiger partial charge in [0.25, 0.3) is 0 Å². The summed E-state index contributed by atoms with van der Waals surface area (Å²) in [5.41, 5.74) is 0.780. The summed E-state index contributed by atoms with van der Waals surface area (Å²) in [4.78, 5) is 23.4. The Balaban J connectivity index is 1.43. The van der Waals surface area contributed by atoms with E-state index in [-0.39, 0.29) is 30.2 Å². The molecule has 1 saturated heterocycles. The molecule has 4 heterocycles. The molecule has 0 N–H and O–H groups in total. The normalized spacial score (nSPS) is 18.7. The summed E-state index contributed by atoms with van der Waals surface area (Å²) in [6.07, 6.45) is 0.177. The van der Waals surface area contributed by atoms with Gasteiger partial charge in [0, 0.05) is 44.1 Å². The lowest BCUT2D eigenvalue weighted by Crippen LogP contribution is -2.55. The lowest BCUT2D eigenvalue weighted by Gasteiger charge is -2.46. The number of fused-ring (bicyclic) bond motifs is 1. The molecule has 2 amide bonds. The Morgan fingerprint density at radius 3 is 2.55 bits per heavy atom. The summed E-state index contributed by atoms with van der Waals surface area (Å²) in [6.45, 7) is 2.93. The SMILES string of the molecule is COc1nccc(Cl)c1N1CCC(N2C(=O)N(Cc3ccccc3C(F)(F)F)c3nn(C)cc3C2C)CC1. The van der Waals surface area contributed by atoms with E-state index in [1.54, 1.807) is 42.1 Å². The van der Waals surface area contributed by atoms with Crippen LogP contribution in [0.2, 0.25) is 5.02 Å². The predicted octanol–water partition coefficient (Wildman–Crippen LogP) is 5.67. The Morgan fingerprint density at radius 2 is 1.87 bits per heavy atom. The number of aromatic nitrogens is 3.